The molecule has 0 atom stereocenters. The van der Waals surface area contributed by atoms with Crippen molar-refractivity contribution in [3.05, 3.63) is 27.7 Å². The molecule has 1 aromatic rings. The molecule has 110 valence electrons. The van der Waals surface area contributed by atoms with Crippen LogP contribution in [0.3, 0.4) is 0 Å². The number of sulfonamides is 1. The number of aliphatic carboxylic acids is 1. The summed E-state index contributed by atoms with van der Waals surface area (Å²) < 4.78 is 25.3. The summed E-state index contributed by atoms with van der Waals surface area (Å²) in [4.78, 5) is 21.4. The molecule has 0 aromatic heterocycles. The van der Waals surface area contributed by atoms with E-state index in [-0.39, 0.29) is 4.90 Å². The van der Waals surface area contributed by atoms with Gasteiger partial charge in [-0.1, -0.05) is 11.6 Å². The van der Waals surface area contributed by atoms with Crippen LogP contribution in [-0.4, -0.2) is 42.8 Å². The van der Waals surface area contributed by atoms with Gasteiger partial charge in [-0.05, 0) is 34.1 Å². The number of halogens is 2. The first-order valence-electron chi connectivity index (χ1n) is 5.10. The van der Waals surface area contributed by atoms with Gasteiger partial charge in [0.2, 0.25) is 15.9 Å². The van der Waals surface area contributed by atoms with E-state index >= 15 is 0 Å². The van der Waals surface area contributed by atoms with Gasteiger partial charge in [0.1, 0.15) is 6.54 Å². The molecule has 1 aromatic carbocycles. The van der Waals surface area contributed by atoms with Crippen molar-refractivity contribution in [2.24, 2.45) is 5.73 Å². The number of carboxylic acids is 1. The largest absolute Gasteiger partial charge is 0.480 e. The van der Waals surface area contributed by atoms with Gasteiger partial charge in [-0.15, -0.1) is 0 Å². The van der Waals surface area contributed by atoms with E-state index in [9.17, 15) is 18.0 Å². The van der Waals surface area contributed by atoms with Crippen molar-refractivity contribution in [3.63, 3.8) is 0 Å². The minimum atomic E-state index is -4.17. The van der Waals surface area contributed by atoms with Gasteiger partial charge in [0.15, 0.2) is 0 Å². The summed E-state index contributed by atoms with van der Waals surface area (Å²) in [5.41, 5.74) is 4.93. The molecule has 10 heteroatoms. The fourth-order valence-corrected chi connectivity index (χ4v) is 3.37. The van der Waals surface area contributed by atoms with E-state index in [2.05, 4.69) is 15.9 Å². The molecule has 0 heterocycles. The Kier molecular flexibility index (Phi) is 5.51. The third kappa shape index (κ3) is 4.17. The zero-order chi connectivity index (χ0) is 15.5. The molecule has 0 bridgehead atoms. The third-order valence-corrected chi connectivity index (χ3v) is 5.17. The minimum absolute atomic E-state index is 0.198. The Morgan fingerprint density at radius 2 is 1.95 bits per heavy atom. The van der Waals surface area contributed by atoms with Crippen LogP contribution in [0.2, 0.25) is 5.02 Å². The van der Waals surface area contributed by atoms with Crippen molar-refractivity contribution in [3.8, 4) is 0 Å². The average Bonchev–Trinajstić information content (AvgIpc) is 2.30. The lowest BCUT2D eigenvalue weighted by molar-refractivity contribution is -0.137. The number of carboxylic acid groups (broad SMARTS) is 1. The van der Waals surface area contributed by atoms with Crippen molar-refractivity contribution in [1.82, 2.24) is 4.31 Å². The normalized spacial score (nSPS) is 11.6. The van der Waals surface area contributed by atoms with E-state index < -0.39 is 35.0 Å². The number of carbonyl (C=O) groups is 2. The summed E-state index contributed by atoms with van der Waals surface area (Å²) in [6, 6.07) is 3.76. The summed E-state index contributed by atoms with van der Waals surface area (Å²) in [7, 11) is -4.17. The molecule has 0 unspecified atom stereocenters. The Hall–Kier alpha value is -1.16. The molecule has 1 rings (SSSR count). The molecule has 0 saturated carbocycles. The number of nitrogens with zero attached hydrogens (tertiary/aromatic N) is 1. The molecule has 3 N–H and O–H groups in total. The van der Waals surface area contributed by atoms with E-state index in [1.54, 1.807) is 0 Å². The smallest absolute Gasteiger partial charge is 0.318 e. The molecule has 20 heavy (non-hydrogen) atoms. The molecular formula is C10H10BrClN2O5S. The number of nitrogens with two attached hydrogens (primary N) is 1. The van der Waals surface area contributed by atoms with E-state index in [1.165, 1.54) is 18.2 Å². The van der Waals surface area contributed by atoms with Crippen molar-refractivity contribution in [2.45, 2.75) is 4.90 Å². The van der Waals surface area contributed by atoms with Crippen LogP contribution in [0.25, 0.3) is 0 Å². The Labute approximate surface area is 128 Å². The Morgan fingerprint density at radius 1 is 1.35 bits per heavy atom. The second-order valence-corrected chi connectivity index (χ2v) is 6.91. The quantitative estimate of drug-likeness (QED) is 0.746. The van der Waals surface area contributed by atoms with Crippen LogP contribution in [0.4, 0.5) is 0 Å². The van der Waals surface area contributed by atoms with Crippen molar-refractivity contribution < 1.29 is 23.1 Å². The topological polar surface area (TPSA) is 118 Å². The lowest BCUT2D eigenvalue weighted by Gasteiger charge is -2.19. The van der Waals surface area contributed by atoms with Crippen LogP contribution in [-0.2, 0) is 19.6 Å². The van der Waals surface area contributed by atoms with E-state index in [0.29, 0.717) is 13.8 Å². The van der Waals surface area contributed by atoms with Crippen LogP contribution in [0.1, 0.15) is 0 Å². The van der Waals surface area contributed by atoms with Gasteiger partial charge < -0.3 is 10.8 Å². The zero-order valence-electron chi connectivity index (χ0n) is 9.92. The molecule has 1 amide bonds. The molecule has 7 nitrogen and oxygen atoms in total. The Balaban J connectivity index is 3.24. The van der Waals surface area contributed by atoms with Gasteiger partial charge in [-0.3, -0.25) is 9.59 Å². The summed E-state index contributed by atoms with van der Waals surface area (Å²) in [5, 5.41) is 9.01. The monoisotopic (exact) mass is 384 g/mol. The van der Waals surface area contributed by atoms with Crippen LogP contribution in [0, 0.1) is 0 Å². The van der Waals surface area contributed by atoms with Gasteiger partial charge in [0.05, 0.1) is 16.5 Å². The van der Waals surface area contributed by atoms with Crippen LogP contribution in [0.15, 0.2) is 27.6 Å². The highest BCUT2D eigenvalue weighted by Gasteiger charge is 2.28. The van der Waals surface area contributed by atoms with Gasteiger partial charge >= 0.3 is 5.97 Å². The first-order chi connectivity index (χ1) is 9.14. The highest BCUT2D eigenvalue weighted by Crippen LogP contribution is 2.26. The molecule has 0 fully saturated rings. The highest BCUT2D eigenvalue weighted by molar-refractivity contribution is 9.10. The van der Waals surface area contributed by atoms with E-state index in [1.807, 2.05) is 0 Å². The predicted octanol–water partition coefficient (Wildman–Crippen LogP) is 0.663. The second kappa shape index (κ2) is 6.53. The molecule has 0 aliphatic carbocycles. The molecule has 0 saturated heterocycles. The number of rotatable bonds is 6. The van der Waals surface area contributed by atoms with E-state index in [0.717, 1.165) is 0 Å². The Bertz CT molecular complexity index is 633. The highest BCUT2D eigenvalue weighted by atomic mass is 79.9. The number of hydrogen-bond donors (Lipinski definition) is 2. The Morgan fingerprint density at radius 3 is 2.40 bits per heavy atom. The van der Waals surface area contributed by atoms with Gasteiger partial charge in [0, 0.05) is 4.47 Å². The van der Waals surface area contributed by atoms with E-state index in [4.69, 9.17) is 22.4 Å². The molecule has 0 aliphatic heterocycles. The molecular weight excluding hydrogens is 376 g/mol. The first-order valence-corrected chi connectivity index (χ1v) is 7.71. The molecule has 0 radical (unpaired) electrons. The lowest BCUT2D eigenvalue weighted by Crippen LogP contribution is -2.41. The fraction of sp³-hybridized carbons (Fsp3) is 0.200. The maximum atomic E-state index is 12.3. The number of carbonyl (C=O) groups excluding carboxylic acids is 1. The second-order valence-electron chi connectivity index (χ2n) is 3.71. The minimum Gasteiger partial charge on any atom is -0.480 e. The van der Waals surface area contributed by atoms with Gasteiger partial charge in [-0.2, -0.15) is 4.31 Å². The number of hydrogen-bond acceptors (Lipinski definition) is 4. The fourth-order valence-electron chi connectivity index (χ4n) is 1.34. The van der Waals surface area contributed by atoms with Crippen molar-refractivity contribution in [2.75, 3.05) is 13.1 Å². The zero-order valence-corrected chi connectivity index (χ0v) is 13.1. The number of amides is 1. The summed E-state index contributed by atoms with van der Waals surface area (Å²) in [5.74, 6) is -2.36. The maximum Gasteiger partial charge on any atom is 0.318 e. The average molecular weight is 386 g/mol. The van der Waals surface area contributed by atoms with Gasteiger partial charge in [0.25, 0.3) is 0 Å². The van der Waals surface area contributed by atoms with Crippen molar-refractivity contribution in [1.29, 1.82) is 0 Å². The summed E-state index contributed by atoms with van der Waals surface area (Å²) in [6.45, 7) is -1.60. The molecule has 0 spiro atoms. The van der Waals surface area contributed by atoms with Crippen molar-refractivity contribution >= 4 is 49.4 Å². The maximum absolute atomic E-state index is 12.3. The van der Waals surface area contributed by atoms with Crippen LogP contribution in [0.5, 0.6) is 0 Å². The third-order valence-electron chi connectivity index (χ3n) is 2.17. The predicted molar refractivity (Wildman–Crippen MR) is 74.7 cm³/mol. The van der Waals surface area contributed by atoms with Gasteiger partial charge in [-0.25, -0.2) is 8.42 Å². The standard InChI is InChI=1S/C10H10BrClN2O5S/c11-7-3-6(1-2-8(7)12)20(18,19)14(4-9(13)15)5-10(16)17/h1-3H,4-5H2,(H2,13,15)(H,16,17). The van der Waals surface area contributed by atoms with Crippen LogP contribution < -0.4 is 5.73 Å². The first kappa shape index (κ1) is 16.9. The number of benzene rings is 1. The molecule has 0 aliphatic rings. The van der Waals surface area contributed by atoms with Crippen LogP contribution >= 0.6 is 27.5 Å². The summed E-state index contributed by atoms with van der Waals surface area (Å²) in [6.07, 6.45) is 0. The SMILES string of the molecule is NC(=O)CN(CC(=O)O)S(=O)(=O)c1ccc(Cl)c(Br)c1. The lowest BCUT2D eigenvalue weighted by atomic mass is 10.4. The summed E-state index contributed by atoms with van der Waals surface area (Å²) >= 11 is 8.82. The number of primary amides is 1.